The first-order chi connectivity index (χ1) is 11.2. The highest BCUT2D eigenvalue weighted by atomic mass is 16.5. The van der Waals surface area contributed by atoms with E-state index in [1.54, 1.807) is 7.11 Å². The van der Waals surface area contributed by atoms with Crippen molar-refractivity contribution in [3.63, 3.8) is 0 Å². The van der Waals surface area contributed by atoms with Crippen LogP contribution in [0.25, 0.3) is 0 Å². The van der Waals surface area contributed by atoms with Crippen molar-refractivity contribution in [3.05, 3.63) is 71.0 Å². The van der Waals surface area contributed by atoms with Gasteiger partial charge in [-0.3, -0.25) is 4.90 Å². The molecule has 0 amide bonds. The van der Waals surface area contributed by atoms with Gasteiger partial charge >= 0.3 is 0 Å². The summed E-state index contributed by atoms with van der Waals surface area (Å²) in [5, 5.41) is 0. The lowest BCUT2D eigenvalue weighted by Crippen LogP contribution is -2.18. The highest BCUT2D eigenvalue weighted by molar-refractivity contribution is 5.83. The summed E-state index contributed by atoms with van der Waals surface area (Å²) in [7, 11) is 1.70. The van der Waals surface area contributed by atoms with Crippen LogP contribution in [0.5, 0.6) is 5.75 Å². The van der Waals surface area contributed by atoms with Crippen LogP contribution in [0.4, 0.5) is 17.3 Å². The molecule has 3 heteroatoms. The summed E-state index contributed by atoms with van der Waals surface area (Å²) in [4.78, 5) is 2.17. The maximum atomic E-state index is 6.03. The van der Waals surface area contributed by atoms with Crippen molar-refractivity contribution >= 4 is 17.3 Å². The Kier molecular flexibility index (Phi) is 3.15. The van der Waals surface area contributed by atoms with Crippen LogP contribution >= 0.6 is 0 Å². The van der Waals surface area contributed by atoms with E-state index >= 15 is 0 Å². The number of para-hydroxylation sites is 2. The van der Waals surface area contributed by atoms with Crippen LogP contribution in [0.2, 0.25) is 0 Å². The average Bonchev–Trinajstić information content (AvgIpc) is 2.92. The molecule has 0 bridgehead atoms. The molecule has 1 aliphatic rings. The van der Waals surface area contributed by atoms with E-state index in [2.05, 4.69) is 42.2 Å². The molecule has 0 atom stereocenters. The minimum atomic E-state index is 0.834. The van der Waals surface area contributed by atoms with Crippen LogP contribution in [0, 0.1) is 13.8 Å². The molecule has 23 heavy (non-hydrogen) atoms. The summed E-state index contributed by atoms with van der Waals surface area (Å²) in [5.74, 6) is 2.66. The smallest absolute Gasteiger partial charge is 0.208 e. The summed E-state index contributed by atoms with van der Waals surface area (Å²) in [6.07, 6.45) is 0.898. The standard InChI is InChI=1S/C20H19NO2/c1-13-8-9-17-15(10-13)12-16-11-14(2)23-20(16)21(17)18-6-4-5-7-19(18)22-3/h4-11H,12H2,1-3H3. The zero-order valence-electron chi connectivity index (χ0n) is 13.6. The Balaban J connectivity index is 1.98. The second-order valence-corrected chi connectivity index (χ2v) is 6.00. The van der Waals surface area contributed by atoms with Gasteiger partial charge in [0.1, 0.15) is 11.5 Å². The number of nitrogens with zero attached hydrogens (tertiary/aromatic N) is 1. The number of benzene rings is 2. The first-order valence-corrected chi connectivity index (χ1v) is 7.79. The van der Waals surface area contributed by atoms with Gasteiger partial charge in [0.25, 0.3) is 0 Å². The molecule has 1 aromatic heterocycles. The highest BCUT2D eigenvalue weighted by Gasteiger charge is 2.29. The predicted molar refractivity (Wildman–Crippen MR) is 92.2 cm³/mol. The van der Waals surface area contributed by atoms with E-state index in [0.717, 1.165) is 35.2 Å². The number of aryl methyl sites for hydroxylation is 2. The molecule has 0 saturated heterocycles. The SMILES string of the molecule is COc1ccccc1N1c2ccc(C)cc2Cc2cc(C)oc21. The predicted octanol–water partition coefficient (Wildman–Crippen LogP) is 5.28. The van der Waals surface area contributed by atoms with Crippen molar-refractivity contribution in [1.82, 2.24) is 0 Å². The van der Waals surface area contributed by atoms with Gasteiger partial charge in [-0.2, -0.15) is 0 Å². The lowest BCUT2D eigenvalue weighted by Gasteiger charge is -2.31. The fourth-order valence-corrected chi connectivity index (χ4v) is 3.31. The fourth-order valence-electron chi connectivity index (χ4n) is 3.31. The van der Waals surface area contributed by atoms with Crippen molar-refractivity contribution < 1.29 is 9.15 Å². The molecule has 0 saturated carbocycles. The van der Waals surface area contributed by atoms with Crippen molar-refractivity contribution in [1.29, 1.82) is 0 Å². The average molecular weight is 305 g/mol. The van der Waals surface area contributed by atoms with Crippen molar-refractivity contribution in [2.24, 2.45) is 0 Å². The third-order valence-corrected chi connectivity index (χ3v) is 4.30. The first kappa shape index (κ1) is 13.9. The van der Waals surface area contributed by atoms with Crippen molar-refractivity contribution in [3.8, 4) is 5.75 Å². The lowest BCUT2D eigenvalue weighted by molar-refractivity contribution is 0.415. The number of furan rings is 1. The van der Waals surface area contributed by atoms with E-state index in [-0.39, 0.29) is 0 Å². The number of hydrogen-bond donors (Lipinski definition) is 0. The molecular weight excluding hydrogens is 286 g/mol. The van der Waals surface area contributed by atoms with Gasteiger partial charge in [-0.05, 0) is 43.7 Å². The van der Waals surface area contributed by atoms with Gasteiger partial charge in [0.05, 0.1) is 18.5 Å². The van der Waals surface area contributed by atoms with Gasteiger partial charge in [-0.25, -0.2) is 0 Å². The molecule has 4 rings (SSSR count). The second kappa shape index (κ2) is 5.20. The summed E-state index contributed by atoms with van der Waals surface area (Å²) < 4.78 is 11.6. The minimum absolute atomic E-state index is 0.834. The zero-order valence-corrected chi connectivity index (χ0v) is 13.6. The van der Waals surface area contributed by atoms with Crippen LogP contribution in [0.1, 0.15) is 22.5 Å². The summed E-state index contributed by atoms with van der Waals surface area (Å²) >= 11 is 0. The molecule has 0 radical (unpaired) electrons. The first-order valence-electron chi connectivity index (χ1n) is 7.79. The number of rotatable bonds is 2. The third kappa shape index (κ3) is 2.20. The van der Waals surface area contributed by atoms with E-state index in [0.29, 0.717) is 0 Å². The maximum absolute atomic E-state index is 6.03. The number of anilines is 3. The molecular formula is C20H19NO2. The molecule has 2 aromatic carbocycles. The van der Waals surface area contributed by atoms with E-state index in [1.165, 1.54) is 16.7 Å². The Morgan fingerprint density at radius 1 is 0.957 bits per heavy atom. The Hall–Kier alpha value is -2.68. The molecule has 0 spiro atoms. The Bertz CT molecular complexity index is 879. The maximum Gasteiger partial charge on any atom is 0.208 e. The van der Waals surface area contributed by atoms with Crippen LogP contribution in [-0.2, 0) is 6.42 Å². The van der Waals surface area contributed by atoms with Crippen LogP contribution in [-0.4, -0.2) is 7.11 Å². The van der Waals surface area contributed by atoms with Crippen LogP contribution in [0.3, 0.4) is 0 Å². The van der Waals surface area contributed by atoms with Crippen molar-refractivity contribution in [2.75, 3.05) is 12.0 Å². The monoisotopic (exact) mass is 305 g/mol. The van der Waals surface area contributed by atoms with E-state index in [1.807, 2.05) is 25.1 Å². The Labute approximate surface area is 136 Å². The van der Waals surface area contributed by atoms with Crippen molar-refractivity contribution in [2.45, 2.75) is 20.3 Å². The van der Waals surface area contributed by atoms with Gasteiger partial charge < -0.3 is 9.15 Å². The molecule has 2 heterocycles. The summed E-state index contributed by atoms with van der Waals surface area (Å²) in [6, 6.07) is 16.7. The molecule has 0 aliphatic carbocycles. The number of ether oxygens (including phenoxy) is 1. The third-order valence-electron chi connectivity index (χ3n) is 4.30. The molecule has 0 fully saturated rings. The zero-order chi connectivity index (χ0) is 16.0. The fraction of sp³-hybridized carbons (Fsp3) is 0.200. The normalized spacial score (nSPS) is 12.7. The number of methoxy groups -OCH3 is 1. The Morgan fingerprint density at radius 2 is 1.78 bits per heavy atom. The molecule has 3 nitrogen and oxygen atoms in total. The minimum Gasteiger partial charge on any atom is -0.495 e. The summed E-state index contributed by atoms with van der Waals surface area (Å²) in [6.45, 7) is 4.12. The molecule has 116 valence electrons. The lowest BCUT2D eigenvalue weighted by atomic mass is 9.97. The van der Waals surface area contributed by atoms with E-state index in [4.69, 9.17) is 9.15 Å². The number of hydrogen-bond acceptors (Lipinski definition) is 3. The molecule has 0 N–H and O–H groups in total. The Morgan fingerprint density at radius 3 is 2.61 bits per heavy atom. The largest absolute Gasteiger partial charge is 0.495 e. The highest BCUT2D eigenvalue weighted by Crippen LogP contribution is 2.47. The quantitative estimate of drug-likeness (QED) is 0.504. The second-order valence-electron chi connectivity index (χ2n) is 6.00. The van der Waals surface area contributed by atoms with Gasteiger partial charge in [0.15, 0.2) is 0 Å². The van der Waals surface area contributed by atoms with Gasteiger partial charge in [-0.15, -0.1) is 0 Å². The van der Waals surface area contributed by atoms with Gasteiger partial charge in [0.2, 0.25) is 5.88 Å². The molecule has 0 unspecified atom stereocenters. The van der Waals surface area contributed by atoms with Gasteiger partial charge in [-0.1, -0.05) is 29.8 Å². The van der Waals surface area contributed by atoms with Gasteiger partial charge in [0, 0.05) is 12.0 Å². The van der Waals surface area contributed by atoms with E-state index < -0.39 is 0 Å². The molecule has 1 aliphatic heterocycles. The summed E-state index contributed by atoms with van der Waals surface area (Å²) in [5.41, 5.74) is 5.94. The topological polar surface area (TPSA) is 25.6 Å². The number of fused-ring (bicyclic) bond motifs is 2. The van der Waals surface area contributed by atoms with Crippen LogP contribution in [0.15, 0.2) is 52.9 Å². The molecule has 3 aromatic rings. The van der Waals surface area contributed by atoms with Crippen LogP contribution < -0.4 is 9.64 Å². The van der Waals surface area contributed by atoms with E-state index in [9.17, 15) is 0 Å².